The first kappa shape index (κ1) is 19.0. The van der Waals surface area contributed by atoms with Crippen molar-refractivity contribution in [3.8, 4) is 0 Å². The Hall–Kier alpha value is -2.00. The van der Waals surface area contributed by atoms with Gasteiger partial charge in [-0.1, -0.05) is 13.8 Å². The van der Waals surface area contributed by atoms with Gasteiger partial charge in [0.25, 0.3) is 0 Å². The molecule has 0 heterocycles. The van der Waals surface area contributed by atoms with Gasteiger partial charge in [0.05, 0.1) is 4.90 Å². The number of sulfonamides is 1. The Morgan fingerprint density at radius 2 is 1.78 bits per heavy atom. The highest BCUT2D eigenvalue weighted by molar-refractivity contribution is 7.89. The van der Waals surface area contributed by atoms with Gasteiger partial charge in [0.1, 0.15) is 11.9 Å². The zero-order valence-corrected chi connectivity index (χ0v) is 13.6. The summed E-state index contributed by atoms with van der Waals surface area (Å²) in [6.07, 6.45) is -0.211. The Morgan fingerprint density at radius 3 is 2.26 bits per heavy atom. The van der Waals surface area contributed by atoms with Crippen LogP contribution in [0.15, 0.2) is 29.2 Å². The van der Waals surface area contributed by atoms with Crippen LogP contribution in [-0.4, -0.2) is 38.0 Å². The SMILES string of the molecule is CC(C)C(NC(=O)CCNS(=O)(=O)c1ccc(F)cc1)C(=O)O. The topological polar surface area (TPSA) is 113 Å². The molecule has 3 N–H and O–H groups in total. The van der Waals surface area contributed by atoms with Gasteiger partial charge in [-0.05, 0) is 30.2 Å². The summed E-state index contributed by atoms with van der Waals surface area (Å²) in [6, 6.07) is 3.22. The first-order valence-electron chi connectivity index (χ1n) is 6.91. The third-order valence-electron chi connectivity index (χ3n) is 3.02. The lowest BCUT2D eigenvalue weighted by Crippen LogP contribution is -2.45. The number of benzene rings is 1. The molecule has 1 atom stereocenters. The molecule has 0 aromatic heterocycles. The van der Waals surface area contributed by atoms with Crippen molar-refractivity contribution in [2.75, 3.05) is 6.54 Å². The third kappa shape index (κ3) is 5.95. The largest absolute Gasteiger partial charge is 0.480 e. The van der Waals surface area contributed by atoms with E-state index in [1.54, 1.807) is 13.8 Å². The highest BCUT2D eigenvalue weighted by Crippen LogP contribution is 2.09. The van der Waals surface area contributed by atoms with Crippen LogP contribution in [0.1, 0.15) is 20.3 Å². The second-order valence-electron chi connectivity index (χ2n) is 5.23. The zero-order chi connectivity index (χ0) is 17.6. The Kier molecular flexibility index (Phi) is 6.64. The summed E-state index contributed by atoms with van der Waals surface area (Å²) in [5.41, 5.74) is 0. The van der Waals surface area contributed by atoms with Crippen molar-refractivity contribution in [1.82, 2.24) is 10.0 Å². The third-order valence-corrected chi connectivity index (χ3v) is 4.49. The van der Waals surface area contributed by atoms with Gasteiger partial charge in [0.2, 0.25) is 15.9 Å². The molecular weight excluding hydrogens is 327 g/mol. The average Bonchev–Trinajstić information content (AvgIpc) is 2.44. The Bertz CT molecular complexity index is 658. The van der Waals surface area contributed by atoms with Gasteiger partial charge in [0, 0.05) is 13.0 Å². The van der Waals surface area contributed by atoms with E-state index >= 15 is 0 Å². The number of amides is 1. The van der Waals surface area contributed by atoms with Crippen molar-refractivity contribution in [1.29, 1.82) is 0 Å². The minimum absolute atomic E-state index is 0.120. The maximum Gasteiger partial charge on any atom is 0.326 e. The molecule has 9 heteroatoms. The number of halogens is 1. The fourth-order valence-corrected chi connectivity index (χ4v) is 2.79. The highest BCUT2D eigenvalue weighted by Gasteiger charge is 2.23. The fourth-order valence-electron chi connectivity index (χ4n) is 1.76. The molecule has 0 aliphatic rings. The Labute approximate surface area is 133 Å². The van der Waals surface area contributed by atoms with Crippen molar-refractivity contribution in [2.45, 2.75) is 31.2 Å². The van der Waals surface area contributed by atoms with Crippen LogP contribution in [0.3, 0.4) is 0 Å². The summed E-state index contributed by atoms with van der Waals surface area (Å²) >= 11 is 0. The summed E-state index contributed by atoms with van der Waals surface area (Å²) in [6.45, 7) is 3.10. The van der Waals surface area contributed by atoms with Gasteiger partial charge in [-0.15, -0.1) is 0 Å². The van der Waals surface area contributed by atoms with Crippen LogP contribution in [0.25, 0.3) is 0 Å². The molecule has 1 rings (SSSR count). The number of carbonyl (C=O) groups excluding carboxylic acids is 1. The van der Waals surface area contributed by atoms with Gasteiger partial charge in [0.15, 0.2) is 0 Å². The molecule has 0 radical (unpaired) electrons. The monoisotopic (exact) mass is 346 g/mol. The predicted octanol–water partition coefficient (Wildman–Crippen LogP) is 0.719. The summed E-state index contributed by atoms with van der Waals surface area (Å²) in [7, 11) is -3.85. The number of carboxylic acid groups (broad SMARTS) is 1. The minimum atomic E-state index is -3.85. The maximum absolute atomic E-state index is 12.8. The van der Waals surface area contributed by atoms with Gasteiger partial charge in [-0.2, -0.15) is 0 Å². The summed E-state index contributed by atoms with van der Waals surface area (Å²) in [5.74, 6) is -2.59. The molecular formula is C14H19FN2O5S. The van der Waals surface area contributed by atoms with Crippen molar-refractivity contribution in [2.24, 2.45) is 5.92 Å². The first-order chi connectivity index (χ1) is 10.6. The van der Waals surface area contributed by atoms with Crippen LogP contribution in [-0.2, 0) is 19.6 Å². The fraction of sp³-hybridized carbons (Fsp3) is 0.429. The Balaban J connectivity index is 2.54. The predicted molar refractivity (Wildman–Crippen MR) is 80.6 cm³/mol. The quantitative estimate of drug-likeness (QED) is 0.642. The van der Waals surface area contributed by atoms with Crippen LogP contribution in [0.4, 0.5) is 4.39 Å². The van der Waals surface area contributed by atoms with Gasteiger partial charge >= 0.3 is 5.97 Å². The molecule has 1 aromatic rings. The lowest BCUT2D eigenvalue weighted by molar-refractivity contribution is -0.143. The van der Waals surface area contributed by atoms with E-state index in [-0.39, 0.29) is 23.8 Å². The van der Waals surface area contributed by atoms with Crippen molar-refractivity contribution in [3.63, 3.8) is 0 Å². The molecule has 0 aliphatic carbocycles. The molecule has 1 aromatic carbocycles. The van der Waals surface area contributed by atoms with Gasteiger partial charge in [-0.3, -0.25) is 4.79 Å². The molecule has 128 valence electrons. The summed E-state index contributed by atoms with van der Waals surface area (Å²) < 4.78 is 38.8. The van der Waals surface area contributed by atoms with E-state index in [4.69, 9.17) is 5.11 Å². The van der Waals surface area contributed by atoms with Crippen LogP contribution in [0, 0.1) is 11.7 Å². The van der Waals surface area contributed by atoms with E-state index in [0.29, 0.717) is 0 Å². The molecule has 0 spiro atoms. The van der Waals surface area contributed by atoms with Crippen LogP contribution in [0.2, 0.25) is 0 Å². The lowest BCUT2D eigenvalue weighted by atomic mass is 10.0. The number of aliphatic carboxylic acids is 1. The number of hydrogen-bond acceptors (Lipinski definition) is 4. The second-order valence-corrected chi connectivity index (χ2v) is 7.00. The highest BCUT2D eigenvalue weighted by atomic mass is 32.2. The van der Waals surface area contributed by atoms with Gasteiger partial charge < -0.3 is 10.4 Å². The number of nitrogens with one attached hydrogen (secondary N) is 2. The second kappa shape index (κ2) is 8.02. The van der Waals surface area contributed by atoms with Crippen molar-refractivity contribution in [3.05, 3.63) is 30.1 Å². The molecule has 1 unspecified atom stereocenters. The van der Waals surface area contributed by atoms with Gasteiger partial charge in [-0.25, -0.2) is 22.3 Å². The van der Waals surface area contributed by atoms with E-state index in [0.717, 1.165) is 24.3 Å². The number of rotatable bonds is 8. The molecule has 0 aliphatic heterocycles. The normalized spacial score (nSPS) is 12.9. The molecule has 0 fully saturated rings. The smallest absolute Gasteiger partial charge is 0.326 e. The lowest BCUT2D eigenvalue weighted by Gasteiger charge is -2.17. The molecule has 0 saturated carbocycles. The van der Waals surface area contributed by atoms with Crippen LogP contribution in [0.5, 0.6) is 0 Å². The summed E-state index contributed by atoms with van der Waals surface area (Å²) in [5, 5.41) is 11.3. The average molecular weight is 346 g/mol. The van der Waals surface area contributed by atoms with Crippen molar-refractivity contribution >= 4 is 21.9 Å². The first-order valence-corrected chi connectivity index (χ1v) is 8.39. The molecule has 0 saturated heterocycles. The van der Waals surface area contributed by atoms with Crippen molar-refractivity contribution < 1.29 is 27.5 Å². The molecule has 0 bridgehead atoms. The number of carboxylic acids is 1. The van der Waals surface area contributed by atoms with E-state index in [2.05, 4.69) is 10.0 Å². The van der Waals surface area contributed by atoms with E-state index in [1.807, 2.05) is 0 Å². The molecule has 7 nitrogen and oxygen atoms in total. The van der Waals surface area contributed by atoms with E-state index in [9.17, 15) is 22.4 Å². The molecule has 23 heavy (non-hydrogen) atoms. The minimum Gasteiger partial charge on any atom is -0.480 e. The summed E-state index contributed by atoms with van der Waals surface area (Å²) in [4.78, 5) is 22.5. The van der Waals surface area contributed by atoms with E-state index < -0.39 is 33.8 Å². The van der Waals surface area contributed by atoms with Crippen LogP contribution >= 0.6 is 0 Å². The molecule has 1 amide bonds. The number of carbonyl (C=O) groups is 2. The van der Waals surface area contributed by atoms with Crippen LogP contribution < -0.4 is 10.0 Å². The maximum atomic E-state index is 12.8. The van der Waals surface area contributed by atoms with E-state index in [1.165, 1.54) is 0 Å². The number of hydrogen-bond donors (Lipinski definition) is 3. The zero-order valence-electron chi connectivity index (χ0n) is 12.7. The standard InChI is InChI=1S/C14H19FN2O5S/c1-9(2)13(14(19)20)17-12(18)7-8-16-23(21,22)11-5-3-10(15)4-6-11/h3-6,9,13,16H,7-8H2,1-2H3,(H,17,18)(H,19,20). The Morgan fingerprint density at radius 1 is 1.22 bits per heavy atom.